The number of rotatable bonds is 7. The fourth-order valence-corrected chi connectivity index (χ4v) is 3.57. The van der Waals surface area contributed by atoms with E-state index in [4.69, 9.17) is 10.00 Å². The van der Waals surface area contributed by atoms with Crippen LogP contribution in [0.2, 0.25) is 0 Å². The van der Waals surface area contributed by atoms with Gasteiger partial charge in [0.05, 0.1) is 40.1 Å². The van der Waals surface area contributed by atoms with Crippen molar-refractivity contribution >= 4 is 34.4 Å². The third-order valence-corrected chi connectivity index (χ3v) is 5.15. The Kier molecular flexibility index (Phi) is 6.05. The van der Waals surface area contributed by atoms with Crippen molar-refractivity contribution in [3.05, 3.63) is 99.7 Å². The molecule has 1 aliphatic rings. The number of non-ortho nitro benzene ring substituents is 1. The van der Waals surface area contributed by atoms with E-state index in [1.807, 2.05) is 13.0 Å². The lowest BCUT2D eigenvalue weighted by atomic mass is 10.0. The van der Waals surface area contributed by atoms with Gasteiger partial charge >= 0.3 is 0 Å². The van der Waals surface area contributed by atoms with Crippen LogP contribution in [0.1, 0.15) is 18.1 Å². The molecule has 2 amide bonds. The molecule has 9 heteroatoms. The molecule has 0 atom stereocenters. The molecule has 0 aromatic heterocycles. The lowest BCUT2D eigenvalue weighted by molar-refractivity contribution is -0.384. The number of nitrogens with zero attached hydrogens (tertiary/aromatic N) is 3. The second kappa shape index (κ2) is 9.26. The van der Waals surface area contributed by atoms with Crippen LogP contribution in [0.15, 0.2) is 78.5 Å². The van der Waals surface area contributed by atoms with Gasteiger partial charge < -0.3 is 10.1 Å². The van der Waals surface area contributed by atoms with Gasteiger partial charge in [0.1, 0.15) is 11.4 Å². The summed E-state index contributed by atoms with van der Waals surface area (Å²) >= 11 is 0. The quantitative estimate of drug-likeness (QED) is 0.321. The van der Waals surface area contributed by atoms with E-state index < -0.39 is 16.7 Å². The SMILES string of the molecule is CCOc1ccccc1NC1=C(c2ccc([N+](=O)[O-])cc2)C(=O)N(c2ccc(C#N)cc2)C1=O. The summed E-state index contributed by atoms with van der Waals surface area (Å²) in [4.78, 5) is 38.5. The average molecular weight is 454 g/mol. The number of hydrogen-bond acceptors (Lipinski definition) is 7. The number of nitrogens with one attached hydrogen (secondary N) is 1. The summed E-state index contributed by atoms with van der Waals surface area (Å²) in [6.45, 7) is 2.23. The number of carbonyl (C=O) groups is 2. The van der Waals surface area contributed by atoms with Gasteiger partial charge in [0.2, 0.25) is 0 Å². The molecule has 168 valence electrons. The standard InChI is InChI=1S/C25H18N4O5/c1-2-34-21-6-4-3-5-20(21)27-23-22(17-9-13-19(14-10-17)29(32)33)24(30)28(25(23)31)18-11-7-16(15-26)8-12-18/h3-14,27H,2H2,1H3. The number of imide groups is 1. The number of para-hydroxylation sites is 2. The number of ether oxygens (including phenoxy) is 1. The summed E-state index contributed by atoms with van der Waals surface area (Å²) in [5.41, 5.74) is 1.45. The molecule has 3 aromatic carbocycles. The first-order chi connectivity index (χ1) is 16.4. The fraction of sp³-hybridized carbons (Fsp3) is 0.0800. The zero-order valence-electron chi connectivity index (χ0n) is 18.0. The number of anilines is 2. The monoisotopic (exact) mass is 454 g/mol. The van der Waals surface area contributed by atoms with Gasteiger partial charge in [0.15, 0.2) is 0 Å². The number of carbonyl (C=O) groups excluding carboxylic acids is 2. The first kappa shape index (κ1) is 22.2. The summed E-state index contributed by atoms with van der Waals surface area (Å²) in [6.07, 6.45) is 0. The van der Waals surface area contributed by atoms with Crippen molar-refractivity contribution in [1.29, 1.82) is 5.26 Å². The van der Waals surface area contributed by atoms with Crippen LogP contribution in [0.4, 0.5) is 17.1 Å². The van der Waals surface area contributed by atoms with E-state index in [0.717, 1.165) is 4.90 Å². The molecule has 9 nitrogen and oxygen atoms in total. The predicted octanol–water partition coefficient (Wildman–Crippen LogP) is 4.26. The van der Waals surface area contributed by atoms with E-state index in [9.17, 15) is 19.7 Å². The van der Waals surface area contributed by atoms with Gasteiger partial charge in [-0.1, -0.05) is 12.1 Å². The predicted molar refractivity (Wildman–Crippen MR) is 125 cm³/mol. The third-order valence-electron chi connectivity index (χ3n) is 5.15. The Hall–Kier alpha value is -4.97. The van der Waals surface area contributed by atoms with Crippen molar-refractivity contribution in [3.63, 3.8) is 0 Å². The second-order valence-electron chi connectivity index (χ2n) is 7.21. The Morgan fingerprint density at radius 3 is 2.29 bits per heavy atom. The number of hydrogen-bond donors (Lipinski definition) is 1. The summed E-state index contributed by atoms with van der Waals surface area (Å²) in [5, 5.41) is 23.1. The molecule has 0 aliphatic carbocycles. The molecule has 1 aliphatic heterocycles. The zero-order chi connectivity index (χ0) is 24.2. The minimum Gasteiger partial charge on any atom is -0.492 e. The van der Waals surface area contributed by atoms with Crippen LogP contribution in [-0.4, -0.2) is 23.3 Å². The maximum Gasteiger partial charge on any atom is 0.282 e. The van der Waals surface area contributed by atoms with Crippen LogP contribution in [-0.2, 0) is 9.59 Å². The molecule has 0 saturated heterocycles. The molecule has 3 aromatic rings. The normalized spacial score (nSPS) is 13.1. The van der Waals surface area contributed by atoms with E-state index in [-0.39, 0.29) is 17.0 Å². The van der Waals surface area contributed by atoms with E-state index in [1.165, 1.54) is 48.5 Å². The highest BCUT2D eigenvalue weighted by molar-refractivity contribution is 6.46. The second-order valence-corrected chi connectivity index (χ2v) is 7.21. The van der Waals surface area contributed by atoms with Crippen LogP contribution >= 0.6 is 0 Å². The third kappa shape index (κ3) is 4.08. The van der Waals surface area contributed by atoms with E-state index in [2.05, 4.69) is 5.32 Å². The van der Waals surface area contributed by atoms with Crippen LogP contribution in [0.5, 0.6) is 5.75 Å². The largest absolute Gasteiger partial charge is 0.492 e. The summed E-state index contributed by atoms with van der Waals surface area (Å²) in [5.74, 6) is -0.702. The van der Waals surface area contributed by atoms with E-state index in [1.54, 1.807) is 24.3 Å². The molecule has 0 bridgehead atoms. The highest BCUT2D eigenvalue weighted by atomic mass is 16.6. The van der Waals surface area contributed by atoms with Crippen molar-refractivity contribution in [2.45, 2.75) is 6.92 Å². The Bertz CT molecular complexity index is 1360. The Morgan fingerprint density at radius 1 is 1.00 bits per heavy atom. The summed E-state index contributed by atoms with van der Waals surface area (Å²) in [7, 11) is 0. The van der Waals surface area contributed by atoms with Gasteiger partial charge in [0, 0.05) is 12.1 Å². The molecular formula is C25H18N4O5. The van der Waals surface area contributed by atoms with Crippen molar-refractivity contribution in [3.8, 4) is 11.8 Å². The maximum atomic E-state index is 13.5. The molecule has 0 unspecified atom stereocenters. The summed E-state index contributed by atoms with van der Waals surface area (Å²) < 4.78 is 5.63. The fourth-order valence-electron chi connectivity index (χ4n) is 3.57. The van der Waals surface area contributed by atoms with Crippen molar-refractivity contribution < 1.29 is 19.2 Å². The smallest absolute Gasteiger partial charge is 0.282 e. The van der Waals surface area contributed by atoms with E-state index >= 15 is 0 Å². The van der Waals surface area contributed by atoms with Gasteiger partial charge in [0.25, 0.3) is 17.5 Å². The molecule has 0 fully saturated rings. The van der Waals surface area contributed by atoms with Crippen molar-refractivity contribution in [1.82, 2.24) is 0 Å². The van der Waals surface area contributed by atoms with Gasteiger partial charge in [-0.25, -0.2) is 4.90 Å². The van der Waals surface area contributed by atoms with Gasteiger partial charge in [-0.15, -0.1) is 0 Å². The van der Waals surface area contributed by atoms with Crippen LogP contribution in [0.3, 0.4) is 0 Å². The minimum absolute atomic E-state index is 0.00960. The van der Waals surface area contributed by atoms with Gasteiger partial charge in [-0.05, 0) is 61.0 Å². The number of nitriles is 1. The zero-order valence-corrected chi connectivity index (χ0v) is 18.0. The molecule has 4 rings (SSSR count). The minimum atomic E-state index is -0.602. The Labute approximate surface area is 194 Å². The molecular weight excluding hydrogens is 436 g/mol. The highest BCUT2D eigenvalue weighted by Gasteiger charge is 2.40. The molecule has 0 saturated carbocycles. The number of nitro benzene ring substituents is 1. The Morgan fingerprint density at radius 2 is 1.68 bits per heavy atom. The molecule has 1 N–H and O–H groups in total. The Balaban J connectivity index is 1.82. The first-order valence-corrected chi connectivity index (χ1v) is 10.3. The van der Waals surface area contributed by atoms with Crippen LogP contribution in [0.25, 0.3) is 5.57 Å². The van der Waals surface area contributed by atoms with Crippen molar-refractivity contribution in [2.75, 3.05) is 16.8 Å². The maximum absolute atomic E-state index is 13.5. The van der Waals surface area contributed by atoms with Crippen molar-refractivity contribution in [2.24, 2.45) is 0 Å². The highest BCUT2D eigenvalue weighted by Crippen LogP contribution is 2.36. The van der Waals surface area contributed by atoms with E-state index in [0.29, 0.717) is 34.9 Å². The van der Waals surface area contributed by atoms with Crippen LogP contribution in [0, 0.1) is 21.4 Å². The molecule has 1 heterocycles. The number of amides is 2. The average Bonchev–Trinajstić information content (AvgIpc) is 3.09. The topological polar surface area (TPSA) is 126 Å². The van der Waals surface area contributed by atoms with Gasteiger partial charge in [-0.3, -0.25) is 19.7 Å². The van der Waals surface area contributed by atoms with Gasteiger partial charge in [-0.2, -0.15) is 5.26 Å². The lowest BCUT2D eigenvalue weighted by Crippen LogP contribution is -2.32. The molecule has 34 heavy (non-hydrogen) atoms. The molecule has 0 radical (unpaired) electrons. The molecule has 0 spiro atoms. The number of benzene rings is 3. The summed E-state index contributed by atoms with van der Waals surface area (Å²) in [6, 6.07) is 20.4. The van der Waals surface area contributed by atoms with Crippen LogP contribution < -0.4 is 15.0 Å². The lowest BCUT2D eigenvalue weighted by Gasteiger charge is -2.16. The number of nitro groups is 1. The first-order valence-electron chi connectivity index (χ1n) is 10.3.